The summed E-state index contributed by atoms with van der Waals surface area (Å²) in [5.74, 6) is -0.0615. The average molecular weight is 326 g/mol. The number of likely N-dealkylation sites (N-methyl/N-ethyl adjacent to an activating group) is 1. The predicted molar refractivity (Wildman–Crippen MR) is 79.2 cm³/mol. The van der Waals surface area contributed by atoms with Crippen molar-refractivity contribution in [1.29, 1.82) is 0 Å². The summed E-state index contributed by atoms with van der Waals surface area (Å²) in [5, 5.41) is 2.94. The van der Waals surface area contributed by atoms with E-state index in [0.29, 0.717) is 18.2 Å². The summed E-state index contributed by atoms with van der Waals surface area (Å²) in [6.07, 6.45) is 8.52. The van der Waals surface area contributed by atoms with Crippen molar-refractivity contribution >= 4 is 21.8 Å². The summed E-state index contributed by atoms with van der Waals surface area (Å²) in [7, 11) is 2.14. The fraction of sp³-hybridized carbons (Fsp3) is 0.571. The molecule has 1 aromatic rings. The van der Waals surface area contributed by atoms with E-state index in [9.17, 15) is 4.79 Å². The molecule has 0 unspecified atom stereocenters. The molecule has 0 radical (unpaired) electrons. The van der Waals surface area contributed by atoms with Crippen molar-refractivity contribution in [1.82, 2.24) is 15.2 Å². The van der Waals surface area contributed by atoms with Crippen molar-refractivity contribution in [3.05, 3.63) is 28.5 Å². The first-order valence-electron chi connectivity index (χ1n) is 6.76. The van der Waals surface area contributed by atoms with Crippen molar-refractivity contribution in [3.8, 4) is 0 Å². The van der Waals surface area contributed by atoms with E-state index in [1.54, 1.807) is 18.5 Å². The molecule has 19 heavy (non-hydrogen) atoms. The lowest BCUT2D eigenvalue weighted by molar-refractivity contribution is 0.0946. The fourth-order valence-corrected chi connectivity index (χ4v) is 2.88. The number of carbonyl (C=O) groups excluding carboxylic acids is 1. The molecule has 0 aliphatic heterocycles. The molecule has 0 saturated heterocycles. The Hall–Kier alpha value is -0.940. The van der Waals surface area contributed by atoms with Crippen molar-refractivity contribution in [2.24, 2.45) is 0 Å². The molecule has 1 aliphatic rings. The van der Waals surface area contributed by atoms with E-state index in [2.05, 4.69) is 38.2 Å². The number of carbonyl (C=O) groups is 1. The molecule has 5 heteroatoms. The molecule has 1 aliphatic carbocycles. The van der Waals surface area contributed by atoms with Crippen LogP contribution in [0.5, 0.6) is 0 Å². The van der Waals surface area contributed by atoms with Crippen LogP contribution in [0.4, 0.5) is 0 Å². The Balaban J connectivity index is 1.74. The molecule has 0 atom stereocenters. The van der Waals surface area contributed by atoms with Gasteiger partial charge in [-0.05, 0) is 41.9 Å². The number of hydrogen-bond donors (Lipinski definition) is 1. The number of halogens is 1. The number of nitrogens with zero attached hydrogens (tertiary/aromatic N) is 2. The van der Waals surface area contributed by atoms with Crippen LogP contribution >= 0.6 is 15.9 Å². The van der Waals surface area contributed by atoms with Crippen LogP contribution in [0.15, 0.2) is 22.9 Å². The number of nitrogens with one attached hydrogen (secondary N) is 1. The summed E-state index contributed by atoms with van der Waals surface area (Å²) in [6, 6.07) is 2.48. The summed E-state index contributed by atoms with van der Waals surface area (Å²) in [4.78, 5) is 18.3. The van der Waals surface area contributed by atoms with E-state index in [1.165, 1.54) is 25.7 Å². The molecule has 0 spiro atoms. The standard InChI is InChI=1S/C14H20BrN3O/c1-18(13-4-2-3-5-13)7-6-17-14(19)11-8-12(15)10-16-9-11/h8-10,13H,2-7H2,1H3,(H,17,19). The number of pyridine rings is 1. The topological polar surface area (TPSA) is 45.2 Å². The molecule has 0 bridgehead atoms. The highest BCUT2D eigenvalue weighted by Gasteiger charge is 2.19. The molecule has 0 aromatic carbocycles. The normalized spacial score (nSPS) is 15.9. The first-order chi connectivity index (χ1) is 9.16. The van der Waals surface area contributed by atoms with E-state index in [1.807, 2.05) is 0 Å². The van der Waals surface area contributed by atoms with Crippen LogP contribution < -0.4 is 5.32 Å². The van der Waals surface area contributed by atoms with Gasteiger partial charge in [-0.3, -0.25) is 9.78 Å². The van der Waals surface area contributed by atoms with Crippen molar-refractivity contribution < 1.29 is 4.79 Å². The maximum atomic E-state index is 11.9. The zero-order valence-corrected chi connectivity index (χ0v) is 12.8. The lowest BCUT2D eigenvalue weighted by Gasteiger charge is -2.23. The molecule has 104 valence electrons. The van der Waals surface area contributed by atoms with E-state index in [-0.39, 0.29) is 5.91 Å². The minimum absolute atomic E-state index is 0.0615. The minimum atomic E-state index is -0.0615. The molecule has 1 aromatic heterocycles. The van der Waals surface area contributed by atoms with Crippen LogP contribution in [0, 0.1) is 0 Å². The van der Waals surface area contributed by atoms with Crippen LogP contribution in [-0.4, -0.2) is 42.0 Å². The van der Waals surface area contributed by atoms with Crippen molar-refractivity contribution in [3.63, 3.8) is 0 Å². The predicted octanol–water partition coefficient (Wildman–Crippen LogP) is 2.45. The van der Waals surface area contributed by atoms with Gasteiger partial charge in [-0.1, -0.05) is 12.8 Å². The van der Waals surface area contributed by atoms with Crippen LogP contribution in [-0.2, 0) is 0 Å². The zero-order valence-electron chi connectivity index (χ0n) is 11.2. The van der Waals surface area contributed by atoms with Crippen molar-refractivity contribution in [2.45, 2.75) is 31.7 Å². The number of aromatic nitrogens is 1. The molecule has 1 N–H and O–H groups in total. The Morgan fingerprint density at radius 3 is 2.89 bits per heavy atom. The summed E-state index contributed by atoms with van der Waals surface area (Å²) < 4.78 is 0.822. The Morgan fingerprint density at radius 2 is 2.21 bits per heavy atom. The van der Waals surface area contributed by atoms with Gasteiger partial charge in [0, 0.05) is 36.0 Å². The van der Waals surface area contributed by atoms with E-state index in [4.69, 9.17) is 0 Å². The van der Waals surface area contributed by atoms with Gasteiger partial charge in [0.2, 0.25) is 0 Å². The van der Waals surface area contributed by atoms with Gasteiger partial charge in [-0.15, -0.1) is 0 Å². The van der Waals surface area contributed by atoms with Gasteiger partial charge in [0.25, 0.3) is 5.91 Å². The van der Waals surface area contributed by atoms with E-state index in [0.717, 1.165) is 11.0 Å². The van der Waals surface area contributed by atoms with Crippen LogP contribution in [0.2, 0.25) is 0 Å². The largest absolute Gasteiger partial charge is 0.351 e. The van der Waals surface area contributed by atoms with Crippen LogP contribution in [0.25, 0.3) is 0 Å². The van der Waals surface area contributed by atoms with E-state index < -0.39 is 0 Å². The smallest absolute Gasteiger partial charge is 0.252 e. The van der Waals surface area contributed by atoms with Gasteiger partial charge in [-0.25, -0.2) is 0 Å². The van der Waals surface area contributed by atoms with Gasteiger partial charge < -0.3 is 10.2 Å². The van der Waals surface area contributed by atoms with Gasteiger partial charge in [0.05, 0.1) is 5.56 Å². The quantitative estimate of drug-likeness (QED) is 0.904. The lowest BCUT2D eigenvalue weighted by Crippen LogP contribution is -2.37. The molecule has 1 saturated carbocycles. The second-order valence-corrected chi connectivity index (χ2v) is 5.98. The SMILES string of the molecule is CN(CCNC(=O)c1cncc(Br)c1)C1CCCC1. The maximum absolute atomic E-state index is 11.9. The molecule has 2 rings (SSSR count). The van der Waals surface area contributed by atoms with Gasteiger partial charge >= 0.3 is 0 Å². The Morgan fingerprint density at radius 1 is 1.47 bits per heavy atom. The Bertz CT molecular complexity index is 432. The van der Waals surface area contributed by atoms with Gasteiger partial charge in [-0.2, -0.15) is 0 Å². The number of amides is 1. The highest BCUT2D eigenvalue weighted by molar-refractivity contribution is 9.10. The monoisotopic (exact) mass is 325 g/mol. The highest BCUT2D eigenvalue weighted by atomic mass is 79.9. The van der Waals surface area contributed by atoms with E-state index >= 15 is 0 Å². The molecule has 1 heterocycles. The first-order valence-corrected chi connectivity index (χ1v) is 7.55. The van der Waals surface area contributed by atoms with Gasteiger partial charge in [0.15, 0.2) is 0 Å². The summed E-state index contributed by atoms with van der Waals surface area (Å²) >= 11 is 3.32. The first kappa shape index (κ1) is 14.5. The van der Waals surface area contributed by atoms with Crippen LogP contribution in [0.3, 0.4) is 0 Å². The lowest BCUT2D eigenvalue weighted by atomic mass is 10.2. The molecular formula is C14H20BrN3O. The second kappa shape index (κ2) is 7.01. The Kier molecular flexibility index (Phi) is 5.34. The molecule has 1 fully saturated rings. The van der Waals surface area contributed by atoms with Gasteiger partial charge in [0.1, 0.15) is 0 Å². The highest BCUT2D eigenvalue weighted by Crippen LogP contribution is 2.21. The fourth-order valence-electron chi connectivity index (χ4n) is 2.51. The second-order valence-electron chi connectivity index (χ2n) is 5.07. The third-order valence-electron chi connectivity index (χ3n) is 3.67. The third-order valence-corrected chi connectivity index (χ3v) is 4.10. The van der Waals surface area contributed by atoms with Crippen molar-refractivity contribution in [2.75, 3.05) is 20.1 Å². The maximum Gasteiger partial charge on any atom is 0.252 e. The zero-order chi connectivity index (χ0) is 13.7. The van der Waals surface area contributed by atoms with Crippen LogP contribution in [0.1, 0.15) is 36.0 Å². The molecule has 1 amide bonds. The average Bonchev–Trinajstić information content (AvgIpc) is 2.92. The minimum Gasteiger partial charge on any atom is -0.351 e. The molecule has 4 nitrogen and oxygen atoms in total. The summed E-state index contributed by atoms with van der Waals surface area (Å²) in [5.41, 5.74) is 0.595. The number of rotatable bonds is 5. The Labute approximate surface area is 122 Å². The molecular weight excluding hydrogens is 306 g/mol. The third kappa shape index (κ3) is 4.28. The number of hydrogen-bond acceptors (Lipinski definition) is 3. The summed E-state index contributed by atoms with van der Waals surface area (Å²) in [6.45, 7) is 1.58.